The average Bonchev–Trinajstić information content (AvgIpc) is 2.49. The monoisotopic (exact) mass is 395 g/mol. The van der Waals surface area contributed by atoms with Crippen molar-refractivity contribution < 1.29 is 58.8 Å². The van der Waals surface area contributed by atoms with E-state index >= 15 is 0 Å². The lowest BCUT2D eigenvalue weighted by Crippen LogP contribution is -2.47. The Morgan fingerprint density at radius 2 is 1.48 bits per heavy atom. The van der Waals surface area contributed by atoms with Gasteiger partial charge in [0.25, 0.3) is 0 Å². The minimum absolute atomic E-state index is 0.142. The van der Waals surface area contributed by atoms with Crippen LogP contribution in [0.15, 0.2) is 0 Å². The van der Waals surface area contributed by atoms with Crippen LogP contribution in [0.5, 0.6) is 0 Å². The van der Waals surface area contributed by atoms with E-state index in [2.05, 4.69) is 21.7 Å². The number of phosphoric ester groups is 1. The largest absolute Gasteiger partial charge is 0.480 e. The lowest BCUT2D eigenvalue weighted by atomic mass is 10.0. The second kappa shape index (κ2) is 14.6. The van der Waals surface area contributed by atoms with E-state index in [1.54, 1.807) is 0 Å². The van der Waals surface area contributed by atoms with E-state index in [1.165, 1.54) is 0 Å². The Labute approximate surface area is 140 Å². The van der Waals surface area contributed by atoms with Gasteiger partial charge in [-0.25, -0.2) is 9.36 Å². The van der Waals surface area contributed by atoms with Gasteiger partial charge in [0, 0.05) is 0 Å². The van der Waals surface area contributed by atoms with E-state index in [4.69, 9.17) is 35.0 Å². The van der Waals surface area contributed by atoms with Crippen molar-refractivity contribution in [3.8, 4) is 0 Å². The zero-order valence-electron chi connectivity index (χ0n) is 12.7. The molecule has 0 heterocycles. The molecule has 13 N–H and O–H groups in total. The number of nitrogens with two attached hydrogens (primary N) is 3. The SMILES string of the molecule is NC(N)=O.NCC(=O)O.O=C[C@H](OP(=O)(O)O)[C@@H](O)[C@H](O)[C@H](O)CO. The number of aliphatic hydroxyl groups excluding tert-OH is 4. The number of aldehydes is 1. The van der Waals surface area contributed by atoms with Crippen molar-refractivity contribution in [2.24, 2.45) is 17.2 Å². The number of aliphatic hydroxyl groups is 4. The van der Waals surface area contributed by atoms with Crippen molar-refractivity contribution in [1.82, 2.24) is 0 Å². The molecule has 0 unspecified atom stereocenters. The summed E-state index contributed by atoms with van der Waals surface area (Å²) in [6.07, 6.45) is -7.98. The van der Waals surface area contributed by atoms with Gasteiger partial charge in [-0.1, -0.05) is 0 Å². The molecule has 16 heteroatoms. The normalized spacial score (nSPS) is 15.2. The molecule has 0 saturated carbocycles. The third-order valence-corrected chi connectivity index (χ3v) is 2.35. The fraction of sp³-hybridized carbons (Fsp3) is 0.667. The summed E-state index contributed by atoms with van der Waals surface area (Å²) in [7, 11) is -5.02. The molecule has 25 heavy (non-hydrogen) atoms. The van der Waals surface area contributed by atoms with Gasteiger partial charge >= 0.3 is 19.8 Å². The van der Waals surface area contributed by atoms with Crippen LogP contribution in [0.1, 0.15) is 0 Å². The van der Waals surface area contributed by atoms with Crippen molar-refractivity contribution in [1.29, 1.82) is 0 Å². The first kappa shape index (κ1) is 28.1. The van der Waals surface area contributed by atoms with E-state index in [9.17, 15) is 19.3 Å². The van der Waals surface area contributed by atoms with Crippen molar-refractivity contribution in [3.63, 3.8) is 0 Å². The maximum atomic E-state index is 10.4. The highest BCUT2D eigenvalue weighted by atomic mass is 31.2. The van der Waals surface area contributed by atoms with Crippen LogP contribution in [-0.2, 0) is 18.7 Å². The van der Waals surface area contributed by atoms with E-state index in [0.717, 1.165) is 0 Å². The summed E-state index contributed by atoms with van der Waals surface area (Å²) in [4.78, 5) is 45.3. The molecule has 0 rings (SSSR count). The lowest BCUT2D eigenvalue weighted by molar-refractivity contribution is -0.135. The molecule has 150 valence electrons. The van der Waals surface area contributed by atoms with E-state index < -0.39 is 50.8 Å². The molecule has 0 fully saturated rings. The minimum atomic E-state index is -5.02. The summed E-state index contributed by atoms with van der Waals surface area (Å²) in [5.41, 5.74) is 13.1. The van der Waals surface area contributed by atoms with E-state index in [-0.39, 0.29) is 12.8 Å². The first-order chi connectivity index (χ1) is 11.2. The summed E-state index contributed by atoms with van der Waals surface area (Å²) in [6.45, 7) is -1.18. The molecule has 2 amide bonds. The molecule has 0 bridgehead atoms. The molecule has 0 aliphatic heterocycles. The number of phosphoric acid groups is 1. The van der Waals surface area contributed by atoms with Crippen molar-refractivity contribution in [3.05, 3.63) is 0 Å². The second-order valence-electron chi connectivity index (χ2n) is 3.93. The van der Waals surface area contributed by atoms with Gasteiger partial charge in [0.2, 0.25) is 0 Å². The Bertz CT molecular complexity index is 440. The molecule has 15 nitrogen and oxygen atoms in total. The van der Waals surface area contributed by atoms with Crippen LogP contribution >= 0.6 is 7.82 Å². The summed E-state index contributed by atoms with van der Waals surface area (Å²) in [5, 5.41) is 43.3. The Kier molecular flexibility index (Phi) is 16.5. The van der Waals surface area contributed by atoms with Crippen molar-refractivity contribution in [2.45, 2.75) is 24.4 Å². The number of amides is 2. The van der Waals surface area contributed by atoms with Crippen LogP contribution in [-0.4, -0.2) is 91.2 Å². The molecular weight excluding hydrogens is 373 g/mol. The Morgan fingerprint density at radius 3 is 1.68 bits per heavy atom. The number of rotatable bonds is 8. The van der Waals surface area contributed by atoms with Gasteiger partial charge in [0.05, 0.1) is 13.2 Å². The van der Waals surface area contributed by atoms with Crippen molar-refractivity contribution >= 4 is 26.1 Å². The van der Waals surface area contributed by atoms with Gasteiger partial charge in [-0.05, 0) is 0 Å². The summed E-state index contributed by atoms with van der Waals surface area (Å²) < 4.78 is 14.2. The number of hydrogen-bond donors (Lipinski definition) is 10. The zero-order chi connectivity index (χ0) is 20.8. The highest BCUT2D eigenvalue weighted by Crippen LogP contribution is 2.38. The number of aliphatic carboxylic acids is 1. The Hall–Kier alpha value is -1.68. The zero-order valence-corrected chi connectivity index (χ0v) is 13.5. The highest BCUT2D eigenvalue weighted by Gasteiger charge is 2.35. The predicted octanol–water partition coefficient (Wildman–Crippen LogP) is -5.21. The number of primary amides is 2. The van der Waals surface area contributed by atoms with Gasteiger partial charge in [0.15, 0.2) is 12.4 Å². The molecule has 0 saturated heterocycles. The van der Waals surface area contributed by atoms with E-state index in [1.807, 2.05) is 0 Å². The molecule has 0 aromatic carbocycles. The number of carbonyl (C=O) groups excluding carboxylic acids is 2. The predicted molar refractivity (Wildman–Crippen MR) is 78.5 cm³/mol. The van der Waals surface area contributed by atoms with Crippen LogP contribution in [0.4, 0.5) is 4.79 Å². The minimum Gasteiger partial charge on any atom is -0.480 e. The molecule has 0 radical (unpaired) electrons. The van der Waals surface area contributed by atoms with Crippen LogP contribution in [0, 0.1) is 0 Å². The van der Waals surface area contributed by atoms with Gasteiger partial charge in [-0.3, -0.25) is 9.32 Å². The molecule has 4 atom stereocenters. The number of carboxylic acid groups (broad SMARTS) is 1. The summed E-state index contributed by atoms with van der Waals surface area (Å²) >= 11 is 0. The fourth-order valence-electron chi connectivity index (χ4n) is 0.856. The van der Waals surface area contributed by atoms with Gasteiger partial charge < -0.3 is 57.3 Å². The molecular formula is C9H22N3O12P. The molecule has 0 spiro atoms. The first-order valence-corrected chi connectivity index (χ1v) is 7.57. The average molecular weight is 395 g/mol. The summed E-state index contributed by atoms with van der Waals surface area (Å²) in [6, 6.07) is -0.833. The topological polar surface area (TPSA) is 297 Å². The molecule has 0 aromatic rings. The lowest BCUT2D eigenvalue weighted by Gasteiger charge is -2.25. The standard InChI is InChI=1S/C6H13O9P.C2H5NO2.CH4N2O/c7-1-3(9)5(10)6(11)4(2-8)15-16(12,13)14;3-1-2(4)5;2-1(3)4/h2-7,9-11H,1H2,(H2,12,13,14);1,3H2,(H,4,5);(H4,2,3,4)/t3-,4+,5-,6-;;/m1../s1. The maximum Gasteiger partial charge on any atom is 0.470 e. The fourth-order valence-corrected chi connectivity index (χ4v) is 1.35. The Morgan fingerprint density at radius 1 is 1.12 bits per heavy atom. The van der Waals surface area contributed by atoms with Gasteiger partial charge in [0.1, 0.15) is 18.3 Å². The number of urea groups is 1. The maximum absolute atomic E-state index is 10.4. The van der Waals surface area contributed by atoms with Crippen LogP contribution < -0.4 is 17.2 Å². The third-order valence-electron chi connectivity index (χ3n) is 1.84. The van der Waals surface area contributed by atoms with Gasteiger partial charge in [-0.2, -0.15) is 0 Å². The van der Waals surface area contributed by atoms with Gasteiger partial charge in [-0.15, -0.1) is 0 Å². The Balaban J connectivity index is -0.000000442. The number of hydrogen-bond acceptors (Lipinski definition) is 10. The van der Waals surface area contributed by atoms with E-state index in [0.29, 0.717) is 0 Å². The smallest absolute Gasteiger partial charge is 0.470 e. The van der Waals surface area contributed by atoms with Crippen LogP contribution in [0.25, 0.3) is 0 Å². The second-order valence-corrected chi connectivity index (χ2v) is 5.12. The molecule has 0 aliphatic carbocycles. The highest BCUT2D eigenvalue weighted by molar-refractivity contribution is 7.46. The van der Waals surface area contributed by atoms with Crippen molar-refractivity contribution in [2.75, 3.05) is 13.2 Å². The molecule has 0 aliphatic rings. The van der Waals surface area contributed by atoms with Crippen LogP contribution in [0.2, 0.25) is 0 Å². The first-order valence-electron chi connectivity index (χ1n) is 6.04. The van der Waals surface area contributed by atoms with Crippen LogP contribution in [0.3, 0.4) is 0 Å². The number of carbonyl (C=O) groups is 3. The quantitative estimate of drug-likeness (QED) is 0.136. The molecule has 0 aromatic heterocycles. The summed E-state index contributed by atoms with van der Waals surface area (Å²) in [5.74, 6) is -0.968. The number of carboxylic acids is 1. The third kappa shape index (κ3) is 20.3.